The Bertz CT molecular complexity index is 1070. The van der Waals surface area contributed by atoms with Crippen LogP contribution in [0, 0.1) is 6.92 Å². The Morgan fingerprint density at radius 3 is 2.68 bits per heavy atom. The summed E-state index contributed by atoms with van der Waals surface area (Å²) in [5.74, 6) is -0.420. The maximum Gasteiger partial charge on any atom is 0.241 e. The molecule has 7 nitrogen and oxygen atoms in total. The highest BCUT2D eigenvalue weighted by Gasteiger charge is 2.15. The zero-order valence-corrected chi connectivity index (χ0v) is 16.1. The van der Waals surface area contributed by atoms with Gasteiger partial charge >= 0.3 is 0 Å². The van der Waals surface area contributed by atoms with Crippen molar-refractivity contribution < 1.29 is 13.2 Å². The molecule has 8 heteroatoms. The van der Waals surface area contributed by atoms with Gasteiger partial charge in [0.2, 0.25) is 15.9 Å². The van der Waals surface area contributed by atoms with E-state index in [1.54, 1.807) is 49.8 Å². The molecule has 1 aromatic carbocycles. The fourth-order valence-corrected chi connectivity index (χ4v) is 3.63. The van der Waals surface area contributed by atoms with E-state index in [2.05, 4.69) is 20.0 Å². The predicted octanol–water partition coefficient (Wildman–Crippen LogP) is 2.05. The summed E-state index contributed by atoms with van der Waals surface area (Å²) < 4.78 is 26.8. The zero-order valence-electron chi connectivity index (χ0n) is 15.3. The largest absolute Gasteiger partial charge is 0.351 e. The number of aryl methyl sites for hydroxylation is 1. The number of sulfonamides is 1. The SMILES string of the molecule is Cc1cccc(S(=O)(=O)NCC(=O)NCc2ccnc(-c3cccnc3)c2)c1. The lowest BCUT2D eigenvalue weighted by Gasteiger charge is -2.09. The molecule has 0 aliphatic heterocycles. The molecule has 0 aliphatic rings. The van der Waals surface area contributed by atoms with E-state index in [0.29, 0.717) is 0 Å². The lowest BCUT2D eigenvalue weighted by Crippen LogP contribution is -2.36. The topological polar surface area (TPSA) is 101 Å². The van der Waals surface area contributed by atoms with Gasteiger partial charge in [0.1, 0.15) is 0 Å². The Balaban J connectivity index is 1.56. The van der Waals surface area contributed by atoms with E-state index >= 15 is 0 Å². The van der Waals surface area contributed by atoms with Crippen LogP contribution < -0.4 is 10.0 Å². The number of carbonyl (C=O) groups excluding carboxylic acids is 1. The van der Waals surface area contributed by atoms with Gasteiger partial charge in [0.05, 0.1) is 17.1 Å². The summed E-state index contributed by atoms with van der Waals surface area (Å²) in [6.07, 6.45) is 5.06. The third kappa shape index (κ3) is 5.21. The standard InChI is InChI=1S/C20H20N4O3S/c1-15-4-2-6-18(10-15)28(26,27)24-14-20(25)23-12-16-7-9-22-19(11-16)17-5-3-8-21-13-17/h2-11,13,24H,12,14H2,1H3,(H,23,25). The number of hydrogen-bond acceptors (Lipinski definition) is 5. The van der Waals surface area contributed by atoms with Gasteiger partial charge in [0, 0.05) is 30.7 Å². The van der Waals surface area contributed by atoms with E-state index < -0.39 is 15.9 Å². The minimum absolute atomic E-state index is 0.135. The number of pyridine rings is 2. The summed E-state index contributed by atoms with van der Waals surface area (Å²) >= 11 is 0. The van der Waals surface area contributed by atoms with Crippen LogP contribution in [0.15, 0.2) is 72.0 Å². The highest BCUT2D eigenvalue weighted by molar-refractivity contribution is 7.89. The van der Waals surface area contributed by atoms with Crippen LogP contribution in [0.3, 0.4) is 0 Å². The first-order valence-electron chi connectivity index (χ1n) is 8.62. The molecule has 3 rings (SSSR count). The van der Waals surface area contributed by atoms with Crippen LogP contribution in [-0.2, 0) is 21.4 Å². The van der Waals surface area contributed by atoms with Crippen molar-refractivity contribution in [3.63, 3.8) is 0 Å². The number of amides is 1. The van der Waals surface area contributed by atoms with E-state index in [-0.39, 0.29) is 18.0 Å². The van der Waals surface area contributed by atoms with Crippen LogP contribution in [0.25, 0.3) is 11.3 Å². The molecule has 0 atom stereocenters. The summed E-state index contributed by atoms with van der Waals surface area (Å²) in [6.45, 7) is 1.73. The van der Waals surface area contributed by atoms with E-state index in [0.717, 1.165) is 22.4 Å². The molecule has 2 N–H and O–H groups in total. The van der Waals surface area contributed by atoms with Gasteiger partial charge in [-0.2, -0.15) is 0 Å². The first kappa shape index (κ1) is 19.7. The summed E-state index contributed by atoms with van der Waals surface area (Å²) in [7, 11) is -3.73. The maximum absolute atomic E-state index is 12.3. The Hall–Kier alpha value is -3.10. The van der Waals surface area contributed by atoms with Crippen LogP contribution in [0.4, 0.5) is 0 Å². The second-order valence-corrected chi connectivity index (χ2v) is 7.98. The molecular weight excluding hydrogens is 376 g/mol. The molecule has 0 unspecified atom stereocenters. The van der Waals surface area contributed by atoms with Crippen molar-refractivity contribution in [2.45, 2.75) is 18.4 Å². The summed E-state index contributed by atoms with van der Waals surface area (Å²) in [5, 5.41) is 2.70. The normalized spacial score (nSPS) is 11.2. The highest BCUT2D eigenvalue weighted by Crippen LogP contribution is 2.16. The molecule has 144 valence electrons. The average molecular weight is 396 g/mol. The lowest BCUT2D eigenvalue weighted by atomic mass is 10.1. The molecule has 0 saturated carbocycles. The average Bonchev–Trinajstić information content (AvgIpc) is 2.72. The molecule has 0 aliphatic carbocycles. The second kappa shape index (κ2) is 8.73. The number of nitrogens with one attached hydrogen (secondary N) is 2. The number of rotatable bonds is 7. The van der Waals surface area contributed by atoms with Gasteiger partial charge in [-0.05, 0) is 54.4 Å². The molecular formula is C20H20N4O3S. The van der Waals surface area contributed by atoms with Gasteiger partial charge < -0.3 is 5.32 Å². The van der Waals surface area contributed by atoms with E-state index in [4.69, 9.17) is 0 Å². The minimum Gasteiger partial charge on any atom is -0.351 e. The van der Waals surface area contributed by atoms with Gasteiger partial charge in [-0.25, -0.2) is 13.1 Å². The van der Waals surface area contributed by atoms with Gasteiger partial charge in [0.25, 0.3) is 0 Å². The Morgan fingerprint density at radius 2 is 1.93 bits per heavy atom. The van der Waals surface area contributed by atoms with E-state index in [1.165, 1.54) is 6.07 Å². The van der Waals surface area contributed by atoms with Gasteiger partial charge in [0.15, 0.2) is 0 Å². The van der Waals surface area contributed by atoms with Crippen LogP contribution in [0.5, 0.6) is 0 Å². The first-order valence-corrected chi connectivity index (χ1v) is 10.1. The van der Waals surface area contributed by atoms with Gasteiger partial charge in [-0.3, -0.25) is 14.8 Å². The fourth-order valence-electron chi connectivity index (χ4n) is 2.55. The van der Waals surface area contributed by atoms with Crippen molar-refractivity contribution >= 4 is 15.9 Å². The molecule has 0 spiro atoms. The number of nitrogens with zero attached hydrogens (tertiary/aromatic N) is 2. The van der Waals surface area contributed by atoms with Crippen molar-refractivity contribution in [2.24, 2.45) is 0 Å². The van der Waals surface area contributed by atoms with Crippen molar-refractivity contribution in [1.82, 2.24) is 20.0 Å². The molecule has 3 aromatic rings. The quantitative estimate of drug-likeness (QED) is 0.636. The summed E-state index contributed by atoms with van der Waals surface area (Å²) in [4.78, 5) is 20.6. The molecule has 0 bridgehead atoms. The number of benzene rings is 1. The van der Waals surface area contributed by atoms with Gasteiger partial charge in [-0.15, -0.1) is 0 Å². The fraction of sp³-hybridized carbons (Fsp3) is 0.150. The van der Waals surface area contributed by atoms with Crippen molar-refractivity contribution in [3.05, 3.63) is 78.2 Å². The molecule has 28 heavy (non-hydrogen) atoms. The summed E-state index contributed by atoms with van der Waals surface area (Å²) in [6, 6.07) is 13.9. The zero-order chi connectivity index (χ0) is 20.0. The first-order chi connectivity index (χ1) is 13.4. The predicted molar refractivity (Wildman–Crippen MR) is 106 cm³/mol. The van der Waals surface area contributed by atoms with Crippen LogP contribution in [0.2, 0.25) is 0 Å². The molecule has 0 radical (unpaired) electrons. The van der Waals surface area contributed by atoms with Crippen LogP contribution >= 0.6 is 0 Å². The van der Waals surface area contributed by atoms with Crippen LogP contribution in [-0.4, -0.2) is 30.8 Å². The number of carbonyl (C=O) groups is 1. The molecule has 1 amide bonds. The number of hydrogen-bond donors (Lipinski definition) is 2. The minimum atomic E-state index is -3.73. The van der Waals surface area contributed by atoms with E-state index in [1.807, 2.05) is 18.2 Å². The van der Waals surface area contributed by atoms with Crippen LogP contribution in [0.1, 0.15) is 11.1 Å². The van der Waals surface area contributed by atoms with Crippen molar-refractivity contribution in [2.75, 3.05) is 6.54 Å². The van der Waals surface area contributed by atoms with Gasteiger partial charge in [-0.1, -0.05) is 12.1 Å². The summed E-state index contributed by atoms with van der Waals surface area (Å²) in [5.41, 5.74) is 3.31. The molecule has 2 heterocycles. The Kier molecular flexibility index (Phi) is 6.13. The number of aromatic nitrogens is 2. The Morgan fingerprint density at radius 1 is 1.07 bits per heavy atom. The smallest absolute Gasteiger partial charge is 0.241 e. The monoisotopic (exact) mass is 396 g/mol. The van der Waals surface area contributed by atoms with Crippen molar-refractivity contribution in [1.29, 1.82) is 0 Å². The van der Waals surface area contributed by atoms with Crippen molar-refractivity contribution in [3.8, 4) is 11.3 Å². The maximum atomic E-state index is 12.3. The second-order valence-electron chi connectivity index (χ2n) is 6.21. The third-order valence-electron chi connectivity index (χ3n) is 3.99. The highest BCUT2D eigenvalue weighted by atomic mass is 32.2. The molecule has 0 fully saturated rings. The molecule has 0 saturated heterocycles. The Labute approximate surface area is 163 Å². The van der Waals surface area contributed by atoms with E-state index in [9.17, 15) is 13.2 Å². The third-order valence-corrected chi connectivity index (χ3v) is 5.39. The lowest BCUT2D eigenvalue weighted by molar-refractivity contribution is -0.120. The molecule has 2 aromatic heterocycles.